The van der Waals surface area contributed by atoms with Crippen LogP contribution in [0.5, 0.6) is 0 Å². The molecule has 1 N–H and O–H groups in total. The zero-order valence-corrected chi connectivity index (χ0v) is 15.5. The van der Waals surface area contributed by atoms with E-state index < -0.39 is 0 Å². The van der Waals surface area contributed by atoms with Crippen LogP contribution in [-0.2, 0) is 17.8 Å². The van der Waals surface area contributed by atoms with Crippen molar-refractivity contribution >= 4 is 17.5 Å². The van der Waals surface area contributed by atoms with E-state index in [1.54, 1.807) is 29.2 Å². The molecule has 2 heterocycles. The van der Waals surface area contributed by atoms with Gasteiger partial charge in [-0.25, -0.2) is 4.79 Å². The lowest BCUT2D eigenvalue weighted by Gasteiger charge is -2.23. The Balaban J connectivity index is 1.91. The summed E-state index contributed by atoms with van der Waals surface area (Å²) in [6.07, 6.45) is 3.08. The normalized spacial score (nSPS) is 17.0. The topological polar surface area (TPSA) is 80.4 Å². The molecule has 2 aromatic rings. The third-order valence-corrected chi connectivity index (χ3v) is 4.94. The second-order valence-electron chi connectivity index (χ2n) is 6.49. The predicted octanol–water partition coefficient (Wildman–Crippen LogP) is 1.62. The van der Waals surface area contributed by atoms with E-state index in [1.165, 1.54) is 9.25 Å². The number of hydrogen-bond acceptors (Lipinski definition) is 4. The molecule has 0 radical (unpaired) electrons. The van der Waals surface area contributed by atoms with Gasteiger partial charge in [-0.2, -0.15) is 4.68 Å². The van der Waals surface area contributed by atoms with Crippen molar-refractivity contribution in [3.05, 3.63) is 45.6 Å². The summed E-state index contributed by atoms with van der Waals surface area (Å²) in [6.45, 7) is 2.51. The number of rotatable bonds is 6. The molecule has 1 aromatic heterocycles. The molecule has 0 saturated carbocycles. The number of carbonyl (C=O) groups excluding carboxylic acids is 1. The van der Waals surface area contributed by atoms with Gasteiger partial charge in [0.25, 0.3) is 0 Å². The fraction of sp³-hybridized carbons (Fsp3) is 0.500. The largest absolute Gasteiger partial charge is 0.394 e. The van der Waals surface area contributed by atoms with E-state index in [-0.39, 0.29) is 30.8 Å². The van der Waals surface area contributed by atoms with Crippen molar-refractivity contribution in [3.8, 4) is 5.69 Å². The molecule has 1 aliphatic heterocycles. The first-order valence-corrected chi connectivity index (χ1v) is 9.28. The second kappa shape index (κ2) is 8.05. The molecule has 7 nitrogen and oxygen atoms in total. The Hall–Kier alpha value is -2.12. The lowest BCUT2D eigenvalue weighted by atomic mass is 10.2. The number of likely N-dealkylation sites (tertiary alicyclic amines) is 1. The number of aliphatic hydroxyl groups is 1. The van der Waals surface area contributed by atoms with Crippen LogP contribution in [0.25, 0.3) is 5.69 Å². The molecule has 0 aliphatic carbocycles. The van der Waals surface area contributed by atoms with Crippen LogP contribution in [0, 0.1) is 0 Å². The Kier molecular flexibility index (Phi) is 5.78. The Morgan fingerprint density at radius 2 is 2.08 bits per heavy atom. The Morgan fingerprint density at radius 3 is 2.73 bits per heavy atom. The molecule has 1 aromatic carbocycles. The molecule has 1 atom stereocenters. The van der Waals surface area contributed by atoms with Gasteiger partial charge < -0.3 is 10.0 Å². The van der Waals surface area contributed by atoms with Crippen molar-refractivity contribution in [3.63, 3.8) is 0 Å². The molecule has 0 unspecified atom stereocenters. The maximum Gasteiger partial charge on any atom is 0.351 e. The number of aromatic nitrogens is 3. The molecule has 0 spiro atoms. The highest BCUT2D eigenvalue weighted by molar-refractivity contribution is 6.30. The number of halogens is 1. The van der Waals surface area contributed by atoms with Crippen molar-refractivity contribution < 1.29 is 9.90 Å². The van der Waals surface area contributed by atoms with E-state index in [4.69, 9.17) is 11.6 Å². The molecule has 1 aliphatic rings. The van der Waals surface area contributed by atoms with E-state index in [9.17, 15) is 14.7 Å². The maximum absolute atomic E-state index is 12.9. The van der Waals surface area contributed by atoms with Gasteiger partial charge in [0.15, 0.2) is 0 Å². The van der Waals surface area contributed by atoms with Crippen LogP contribution in [0.3, 0.4) is 0 Å². The highest BCUT2D eigenvalue weighted by atomic mass is 35.5. The van der Waals surface area contributed by atoms with Crippen molar-refractivity contribution in [2.45, 2.75) is 45.2 Å². The van der Waals surface area contributed by atoms with Gasteiger partial charge >= 0.3 is 5.69 Å². The Bertz CT molecular complexity index is 828. The van der Waals surface area contributed by atoms with Crippen LogP contribution in [0.4, 0.5) is 0 Å². The monoisotopic (exact) mass is 378 g/mol. The SMILES string of the molecule is CCCc1nn(-c2ccc(Cl)cc2)c(=O)n1CC(=O)N1CCC[C@@H]1CO. The van der Waals surface area contributed by atoms with E-state index in [0.29, 0.717) is 29.5 Å². The average Bonchev–Trinajstić information content (AvgIpc) is 3.23. The molecular formula is C18H23ClN4O3. The highest BCUT2D eigenvalue weighted by Crippen LogP contribution is 2.17. The van der Waals surface area contributed by atoms with Crippen LogP contribution in [0.1, 0.15) is 32.0 Å². The summed E-state index contributed by atoms with van der Waals surface area (Å²) >= 11 is 5.91. The van der Waals surface area contributed by atoms with E-state index in [0.717, 1.165) is 19.3 Å². The summed E-state index contributed by atoms with van der Waals surface area (Å²) in [4.78, 5) is 27.2. The molecule has 1 amide bonds. The molecule has 0 bridgehead atoms. The number of benzene rings is 1. The van der Waals surface area contributed by atoms with Crippen LogP contribution < -0.4 is 5.69 Å². The van der Waals surface area contributed by atoms with E-state index in [2.05, 4.69) is 5.10 Å². The fourth-order valence-corrected chi connectivity index (χ4v) is 3.46. The average molecular weight is 379 g/mol. The quantitative estimate of drug-likeness (QED) is 0.828. The van der Waals surface area contributed by atoms with Gasteiger partial charge in [-0.05, 0) is 43.5 Å². The Morgan fingerprint density at radius 1 is 1.35 bits per heavy atom. The van der Waals surface area contributed by atoms with Crippen LogP contribution >= 0.6 is 11.6 Å². The van der Waals surface area contributed by atoms with Gasteiger partial charge in [-0.3, -0.25) is 9.36 Å². The maximum atomic E-state index is 12.9. The third-order valence-electron chi connectivity index (χ3n) is 4.69. The molecule has 3 rings (SSSR count). The minimum absolute atomic E-state index is 0.0491. The number of nitrogens with zero attached hydrogens (tertiary/aromatic N) is 4. The minimum Gasteiger partial charge on any atom is -0.394 e. The number of carbonyl (C=O) groups is 1. The van der Waals surface area contributed by atoms with E-state index >= 15 is 0 Å². The van der Waals surface area contributed by atoms with Gasteiger partial charge in [-0.1, -0.05) is 18.5 Å². The summed E-state index contributed by atoms with van der Waals surface area (Å²) in [6, 6.07) is 6.69. The molecular weight excluding hydrogens is 356 g/mol. The summed E-state index contributed by atoms with van der Waals surface area (Å²) in [5.74, 6) is 0.428. The van der Waals surface area contributed by atoms with E-state index in [1.807, 2.05) is 6.92 Å². The first kappa shape index (κ1) is 18.7. The number of hydrogen-bond donors (Lipinski definition) is 1. The van der Waals surface area contributed by atoms with Crippen molar-refractivity contribution in [1.29, 1.82) is 0 Å². The van der Waals surface area contributed by atoms with Gasteiger partial charge in [0.1, 0.15) is 12.4 Å². The minimum atomic E-state index is -0.344. The number of aliphatic hydroxyl groups excluding tert-OH is 1. The van der Waals surface area contributed by atoms with Crippen molar-refractivity contribution in [1.82, 2.24) is 19.2 Å². The predicted molar refractivity (Wildman–Crippen MR) is 98.6 cm³/mol. The van der Waals surface area contributed by atoms with Gasteiger partial charge in [0.05, 0.1) is 18.3 Å². The molecule has 140 valence electrons. The zero-order chi connectivity index (χ0) is 18.7. The molecule has 8 heteroatoms. The zero-order valence-electron chi connectivity index (χ0n) is 14.8. The summed E-state index contributed by atoms with van der Waals surface area (Å²) in [7, 11) is 0. The van der Waals surface area contributed by atoms with Gasteiger partial charge in [-0.15, -0.1) is 5.10 Å². The Labute approximate surface area is 156 Å². The van der Waals surface area contributed by atoms with Crippen molar-refractivity contribution in [2.75, 3.05) is 13.2 Å². The van der Waals surface area contributed by atoms with Crippen LogP contribution in [-0.4, -0.2) is 49.5 Å². The number of amides is 1. The highest BCUT2D eigenvalue weighted by Gasteiger charge is 2.29. The lowest BCUT2D eigenvalue weighted by Crippen LogP contribution is -2.41. The standard InChI is InChI=1S/C18H23ClN4O3/c1-2-4-16-20-23(14-8-6-13(19)7-9-14)18(26)22(16)11-17(25)21-10-3-5-15(21)12-24/h6-9,15,24H,2-5,10-12H2,1H3/t15-/m1/s1. The first-order valence-electron chi connectivity index (χ1n) is 8.90. The molecule has 1 saturated heterocycles. The molecule has 26 heavy (non-hydrogen) atoms. The summed E-state index contributed by atoms with van der Waals surface area (Å²) in [5.41, 5.74) is 0.265. The lowest BCUT2D eigenvalue weighted by molar-refractivity contribution is -0.133. The third kappa shape index (κ3) is 3.68. The van der Waals surface area contributed by atoms with Crippen molar-refractivity contribution in [2.24, 2.45) is 0 Å². The summed E-state index contributed by atoms with van der Waals surface area (Å²) < 4.78 is 2.75. The first-order chi connectivity index (χ1) is 12.5. The molecule has 1 fully saturated rings. The van der Waals surface area contributed by atoms with Crippen LogP contribution in [0.2, 0.25) is 5.02 Å². The second-order valence-corrected chi connectivity index (χ2v) is 6.93. The fourth-order valence-electron chi connectivity index (χ4n) is 3.33. The van der Waals surface area contributed by atoms with Crippen LogP contribution in [0.15, 0.2) is 29.1 Å². The number of aryl methyl sites for hydroxylation is 1. The summed E-state index contributed by atoms with van der Waals surface area (Å²) in [5, 5.41) is 14.4. The van der Waals surface area contributed by atoms with Gasteiger partial charge in [0.2, 0.25) is 5.91 Å². The van der Waals surface area contributed by atoms with Gasteiger partial charge in [0, 0.05) is 18.0 Å². The smallest absolute Gasteiger partial charge is 0.351 e.